The Labute approximate surface area is 143 Å². The minimum atomic E-state index is -0.474. The lowest BCUT2D eigenvalue weighted by Gasteiger charge is -2.08. The van der Waals surface area contributed by atoms with Gasteiger partial charge in [0.2, 0.25) is 0 Å². The number of methoxy groups -OCH3 is 1. The van der Waals surface area contributed by atoms with Crippen molar-refractivity contribution >= 4 is 28.2 Å². The van der Waals surface area contributed by atoms with Gasteiger partial charge in [0.15, 0.2) is 0 Å². The summed E-state index contributed by atoms with van der Waals surface area (Å²) in [6.07, 6.45) is 0. The van der Waals surface area contributed by atoms with Gasteiger partial charge in [-0.3, -0.25) is 4.79 Å². The van der Waals surface area contributed by atoms with E-state index >= 15 is 0 Å². The molecular formula is C19H15NO3S. The van der Waals surface area contributed by atoms with Crippen LogP contribution < -0.4 is 5.32 Å². The Bertz CT molecular complexity index is 857. The molecule has 120 valence electrons. The molecule has 3 rings (SSSR count). The smallest absolute Gasteiger partial charge is 0.341 e. The molecule has 0 aliphatic heterocycles. The van der Waals surface area contributed by atoms with Crippen LogP contribution in [0.3, 0.4) is 0 Å². The number of anilines is 1. The zero-order valence-corrected chi connectivity index (χ0v) is 13.8. The van der Waals surface area contributed by atoms with E-state index < -0.39 is 5.97 Å². The van der Waals surface area contributed by atoms with Gasteiger partial charge < -0.3 is 10.1 Å². The molecule has 0 atom stereocenters. The van der Waals surface area contributed by atoms with Crippen molar-refractivity contribution in [3.63, 3.8) is 0 Å². The largest absolute Gasteiger partial charge is 0.465 e. The summed E-state index contributed by atoms with van der Waals surface area (Å²) in [4.78, 5) is 24.6. The van der Waals surface area contributed by atoms with E-state index in [1.807, 2.05) is 41.8 Å². The number of thiophene rings is 1. The molecule has 0 radical (unpaired) electrons. The summed E-state index contributed by atoms with van der Waals surface area (Å²) in [6, 6.07) is 18.4. The van der Waals surface area contributed by atoms with Crippen LogP contribution in [-0.4, -0.2) is 19.0 Å². The number of esters is 1. The Hall–Kier alpha value is -2.92. The minimum absolute atomic E-state index is 0.262. The van der Waals surface area contributed by atoms with Crippen LogP contribution in [0.2, 0.25) is 0 Å². The summed E-state index contributed by atoms with van der Waals surface area (Å²) in [7, 11) is 1.33. The monoisotopic (exact) mass is 337 g/mol. The Balaban J connectivity index is 1.98. The summed E-state index contributed by atoms with van der Waals surface area (Å²) in [6.45, 7) is 0. The number of benzene rings is 2. The van der Waals surface area contributed by atoms with Gasteiger partial charge in [0.25, 0.3) is 5.91 Å². The summed E-state index contributed by atoms with van der Waals surface area (Å²) in [5.41, 5.74) is 2.55. The standard InChI is InChI=1S/C19H15NO3S/c1-23-19(22)16-15(13-8-4-2-5-9-13)12-24-18(16)20-17(21)14-10-6-3-7-11-14/h2-12H,1H3,(H,20,21). The summed E-state index contributed by atoms with van der Waals surface area (Å²) < 4.78 is 4.90. The average Bonchev–Trinajstić information content (AvgIpc) is 3.06. The maximum atomic E-state index is 12.4. The molecule has 2 aromatic carbocycles. The van der Waals surface area contributed by atoms with Gasteiger partial charge in [-0.1, -0.05) is 48.5 Å². The summed E-state index contributed by atoms with van der Waals surface area (Å²) >= 11 is 1.30. The highest BCUT2D eigenvalue weighted by Gasteiger charge is 2.22. The van der Waals surface area contributed by atoms with Gasteiger partial charge in [-0.25, -0.2) is 4.79 Å². The molecule has 0 aliphatic carbocycles. The van der Waals surface area contributed by atoms with Crippen LogP contribution in [0.4, 0.5) is 5.00 Å². The van der Waals surface area contributed by atoms with E-state index in [9.17, 15) is 9.59 Å². The van der Waals surface area contributed by atoms with Gasteiger partial charge in [-0.15, -0.1) is 11.3 Å². The fraction of sp³-hybridized carbons (Fsp3) is 0.0526. The van der Waals surface area contributed by atoms with Crippen molar-refractivity contribution in [3.8, 4) is 11.1 Å². The third-order valence-electron chi connectivity index (χ3n) is 3.53. The second-order valence-electron chi connectivity index (χ2n) is 5.03. The molecule has 3 aromatic rings. The maximum absolute atomic E-state index is 12.4. The summed E-state index contributed by atoms with van der Waals surface area (Å²) in [5, 5.41) is 5.14. The van der Waals surface area contributed by atoms with Crippen molar-refractivity contribution in [3.05, 3.63) is 77.2 Å². The van der Waals surface area contributed by atoms with E-state index in [0.29, 0.717) is 16.1 Å². The van der Waals surface area contributed by atoms with Gasteiger partial charge >= 0.3 is 5.97 Å². The van der Waals surface area contributed by atoms with Gasteiger partial charge in [-0.2, -0.15) is 0 Å². The fourth-order valence-corrected chi connectivity index (χ4v) is 3.30. The van der Waals surface area contributed by atoms with E-state index in [0.717, 1.165) is 11.1 Å². The molecule has 0 fully saturated rings. The number of hydrogen-bond donors (Lipinski definition) is 1. The molecule has 1 aromatic heterocycles. The lowest BCUT2D eigenvalue weighted by Crippen LogP contribution is -2.14. The van der Waals surface area contributed by atoms with Crippen LogP contribution in [0.15, 0.2) is 66.0 Å². The van der Waals surface area contributed by atoms with Crippen LogP contribution in [0.1, 0.15) is 20.7 Å². The highest BCUT2D eigenvalue weighted by Crippen LogP contribution is 2.36. The molecule has 1 heterocycles. The van der Waals surface area contributed by atoms with Crippen LogP contribution >= 0.6 is 11.3 Å². The van der Waals surface area contributed by atoms with Gasteiger partial charge in [0.05, 0.1) is 7.11 Å². The third-order valence-corrected chi connectivity index (χ3v) is 4.42. The molecule has 0 spiro atoms. The normalized spacial score (nSPS) is 10.2. The van der Waals surface area contributed by atoms with Crippen LogP contribution in [-0.2, 0) is 4.74 Å². The molecule has 0 bridgehead atoms. The second kappa shape index (κ2) is 7.10. The fourth-order valence-electron chi connectivity index (χ4n) is 2.35. The predicted molar refractivity (Wildman–Crippen MR) is 95.5 cm³/mol. The number of carbonyl (C=O) groups excluding carboxylic acids is 2. The lowest BCUT2D eigenvalue weighted by molar-refractivity contribution is 0.0603. The molecular weight excluding hydrogens is 322 g/mol. The van der Waals surface area contributed by atoms with Crippen molar-refractivity contribution in [2.45, 2.75) is 0 Å². The predicted octanol–water partition coefficient (Wildman–Crippen LogP) is 4.45. The Morgan fingerprint density at radius 2 is 1.58 bits per heavy atom. The first-order chi connectivity index (χ1) is 11.7. The maximum Gasteiger partial charge on any atom is 0.341 e. The molecule has 0 saturated carbocycles. The van der Waals surface area contributed by atoms with Crippen molar-refractivity contribution < 1.29 is 14.3 Å². The molecule has 0 aliphatic rings. The van der Waals surface area contributed by atoms with E-state index in [1.165, 1.54) is 18.4 Å². The van der Waals surface area contributed by atoms with E-state index in [1.54, 1.807) is 24.3 Å². The molecule has 24 heavy (non-hydrogen) atoms. The molecule has 1 amide bonds. The number of carbonyl (C=O) groups is 2. The van der Waals surface area contributed by atoms with Crippen molar-refractivity contribution in [1.82, 2.24) is 0 Å². The zero-order chi connectivity index (χ0) is 16.9. The highest BCUT2D eigenvalue weighted by atomic mass is 32.1. The van der Waals surface area contributed by atoms with Crippen molar-refractivity contribution in [2.24, 2.45) is 0 Å². The lowest BCUT2D eigenvalue weighted by atomic mass is 10.0. The first kappa shape index (κ1) is 16.0. The molecule has 1 N–H and O–H groups in total. The molecule has 0 saturated heterocycles. The third kappa shape index (κ3) is 3.21. The number of rotatable bonds is 4. The Morgan fingerprint density at radius 3 is 2.21 bits per heavy atom. The number of nitrogens with one attached hydrogen (secondary N) is 1. The zero-order valence-electron chi connectivity index (χ0n) is 13.0. The quantitative estimate of drug-likeness (QED) is 0.715. The molecule has 5 heteroatoms. The van der Waals surface area contributed by atoms with Gasteiger partial charge in [0.1, 0.15) is 10.6 Å². The van der Waals surface area contributed by atoms with Crippen LogP contribution in [0, 0.1) is 0 Å². The SMILES string of the molecule is COC(=O)c1c(-c2ccccc2)csc1NC(=O)c1ccccc1. The van der Waals surface area contributed by atoms with Crippen molar-refractivity contribution in [2.75, 3.05) is 12.4 Å². The second-order valence-corrected chi connectivity index (χ2v) is 5.91. The Morgan fingerprint density at radius 1 is 0.958 bits per heavy atom. The van der Waals surface area contributed by atoms with Gasteiger partial charge in [0, 0.05) is 16.5 Å². The van der Waals surface area contributed by atoms with Crippen LogP contribution in [0.25, 0.3) is 11.1 Å². The first-order valence-electron chi connectivity index (χ1n) is 7.32. The molecule has 0 unspecified atom stereocenters. The topological polar surface area (TPSA) is 55.4 Å². The summed E-state index contributed by atoms with van der Waals surface area (Å²) in [5.74, 6) is -0.735. The average molecular weight is 337 g/mol. The first-order valence-corrected chi connectivity index (χ1v) is 8.20. The van der Waals surface area contributed by atoms with Crippen molar-refractivity contribution in [1.29, 1.82) is 0 Å². The van der Waals surface area contributed by atoms with E-state index in [2.05, 4.69) is 5.32 Å². The van der Waals surface area contributed by atoms with Gasteiger partial charge in [-0.05, 0) is 17.7 Å². The number of hydrogen-bond acceptors (Lipinski definition) is 4. The number of ether oxygens (including phenoxy) is 1. The van der Waals surface area contributed by atoms with E-state index in [-0.39, 0.29) is 5.91 Å². The highest BCUT2D eigenvalue weighted by molar-refractivity contribution is 7.15. The minimum Gasteiger partial charge on any atom is -0.465 e. The van der Waals surface area contributed by atoms with Crippen LogP contribution in [0.5, 0.6) is 0 Å². The molecule has 4 nitrogen and oxygen atoms in total. The van der Waals surface area contributed by atoms with E-state index in [4.69, 9.17) is 4.74 Å². The Kier molecular flexibility index (Phi) is 4.72. The number of amides is 1.